The van der Waals surface area contributed by atoms with Gasteiger partial charge in [-0.1, -0.05) is 25.3 Å². The van der Waals surface area contributed by atoms with Gasteiger partial charge in [0.25, 0.3) is 0 Å². The lowest BCUT2D eigenvalue weighted by atomic mass is 11.8. The summed E-state index contributed by atoms with van der Waals surface area (Å²) in [5, 5.41) is 0. The molecule has 0 N–H and O–H groups in total. The summed E-state index contributed by atoms with van der Waals surface area (Å²) in [5.74, 6) is 0. The maximum absolute atomic E-state index is 5.85. The molecule has 0 spiro atoms. The highest BCUT2D eigenvalue weighted by Crippen LogP contribution is 1.99. The first kappa shape index (κ1) is 7.72. The molecule has 3 heteroatoms. The molecule has 44 valence electrons. The Morgan fingerprint density at radius 1 is 1.29 bits per heavy atom. The van der Waals surface area contributed by atoms with E-state index in [2.05, 4.69) is 19.6 Å². The quantitative estimate of drug-likeness (QED) is 0.417. The predicted octanol–water partition coefficient (Wildman–Crippen LogP) is 1.60. The van der Waals surface area contributed by atoms with E-state index in [1.54, 1.807) is 0 Å². The van der Waals surface area contributed by atoms with Crippen LogP contribution in [0.1, 0.15) is 0 Å². The fourth-order valence-electron chi connectivity index (χ4n) is 0.650. The van der Waals surface area contributed by atoms with E-state index in [1.807, 2.05) is 0 Å². The van der Waals surface area contributed by atoms with Gasteiger partial charge >= 0.3 is 0 Å². The van der Waals surface area contributed by atoms with Gasteiger partial charge in [-0.3, -0.25) is 0 Å². The molecule has 0 saturated heterocycles. The molecule has 1 unspecified atom stereocenters. The molecular weight excluding hydrogens is 140 g/mol. The van der Waals surface area contributed by atoms with Crippen LogP contribution in [0.15, 0.2) is 0 Å². The van der Waals surface area contributed by atoms with Crippen LogP contribution in [0, 0.1) is 0 Å². The van der Waals surface area contributed by atoms with Crippen molar-refractivity contribution < 1.29 is 0 Å². The van der Waals surface area contributed by atoms with E-state index in [4.69, 9.17) is 11.1 Å². The van der Waals surface area contributed by atoms with E-state index in [0.29, 0.717) is 0 Å². The number of hydrogen-bond donors (Lipinski definition) is 0. The van der Waals surface area contributed by atoms with Gasteiger partial charge in [-0.25, -0.2) is 0 Å². The Kier molecular flexibility index (Phi) is 4.07. The number of halogens is 1. The predicted molar refractivity (Wildman–Crippen MR) is 42.6 cm³/mol. The van der Waals surface area contributed by atoms with E-state index >= 15 is 0 Å². The lowest BCUT2D eigenvalue weighted by Gasteiger charge is -2.00. The Hall–Kier alpha value is 0.724. The molecule has 1 atom stereocenters. The van der Waals surface area contributed by atoms with E-state index in [9.17, 15) is 0 Å². The van der Waals surface area contributed by atoms with Crippen molar-refractivity contribution in [2.75, 3.05) is 0 Å². The molecule has 0 aromatic heterocycles. The molecule has 0 saturated carbocycles. The van der Waals surface area contributed by atoms with E-state index in [-0.39, 0.29) is 8.80 Å². The van der Waals surface area contributed by atoms with Gasteiger partial charge in [0, 0.05) is 8.80 Å². The van der Waals surface area contributed by atoms with Gasteiger partial charge in [-0.15, -0.1) is 0 Å². The smallest absolute Gasteiger partial charge is 0.135 e. The van der Waals surface area contributed by atoms with Crippen LogP contribution in [0.25, 0.3) is 0 Å². The summed E-state index contributed by atoms with van der Waals surface area (Å²) in [6.07, 6.45) is 0. The third-order valence-corrected chi connectivity index (χ3v) is 8.77. The third-order valence-electron chi connectivity index (χ3n) is 0.796. The molecule has 0 fully saturated rings. The second-order valence-electron chi connectivity index (χ2n) is 2.41. The fourth-order valence-corrected chi connectivity index (χ4v) is 9.05. The van der Waals surface area contributed by atoms with Gasteiger partial charge in [-0.05, 0) is 0 Å². The zero-order valence-corrected chi connectivity index (χ0v) is 8.31. The van der Waals surface area contributed by atoms with Crippen LogP contribution in [-0.4, -0.2) is 16.9 Å². The summed E-state index contributed by atoms with van der Waals surface area (Å²) in [5.41, 5.74) is 1.40. The van der Waals surface area contributed by atoms with Crippen molar-refractivity contribution in [3.8, 4) is 0 Å². The third kappa shape index (κ3) is 6.72. The normalized spacial score (nSPS) is 15.0. The van der Waals surface area contributed by atoms with Gasteiger partial charge in [0.05, 0.1) is 0 Å². The van der Waals surface area contributed by atoms with Crippen LogP contribution in [-0.2, 0) is 0 Å². The Morgan fingerprint density at radius 2 is 1.71 bits per heavy atom. The van der Waals surface area contributed by atoms with Crippen LogP contribution in [0.2, 0.25) is 25.3 Å². The number of hydrogen-bond acceptors (Lipinski definition) is 0. The van der Waals surface area contributed by atoms with Crippen molar-refractivity contribution >= 4 is 28.0 Å². The molecular formula is C4H13ClSi2. The van der Waals surface area contributed by atoms with E-state index in [1.165, 1.54) is 5.67 Å². The molecule has 0 aliphatic heterocycles. The molecule has 0 aromatic rings. The lowest BCUT2D eigenvalue weighted by molar-refractivity contribution is 1.77. The standard InChI is InChI=1S/C4H13ClSi2/c1-6(2)4-7(3)5/h6-7H,4H2,1-3H3. The van der Waals surface area contributed by atoms with E-state index < -0.39 is 8.11 Å². The maximum Gasteiger partial charge on any atom is 0.135 e. The largest absolute Gasteiger partial charge is 0.172 e. The van der Waals surface area contributed by atoms with Crippen LogP contribution >= 0.6 is 11.1 Å². The maximum atomic E-state index is 5.85. The zero-order chi connectivity index (χ0) is 5.86. The Balaban J connectivity index is 2.95. The highest BCUT2D eigenvalue weighted by Gasteiger charge is 2.01. The molecule has 0 aliphatic rings. The molecule has 0 radical (unpaired) electrons. The van der Waals surface area contributed by atoms with E-state index in [0.717, 1.165) is 0 Å². The Morgan fingerprint density at radius 3 is 1.71 bits per heavy atom. The van der Waals surface area contributed by atoms with Crippen LogP contribution in [0.5, 0.6) is 0 Å². The van der Waals surface area contributed by atoms with Gasteiger partial charge in [-0.2, -0.15) is 11.1 Å². The van der Waals surface area contributed by atoms with Crippen LogP contribution in [0.4, 0.5) is 0 Å². The van der Waals surface area contributed by atoms with Gasteiger partial charge in [0.2, 0.25) is 0 Å². The average Bonchev–Trinajstić information content (AvgIpc) is 1.27. The van der Waals surface area contributed by atoms with Gasteiger partial charge in [0.15, 0.2) is 0 Å². The molecule has 0 nitrogen and oxygen atoms in total. The zero-order valence-electron chi connectivity index (χ0n) is 5.24. The first-order valence-corrected chi connectivity index (χ1v) is 9.61. The van der Waals surface area contributed by atoms with Crippen LogP contribution < -0.4 is 0 Å². The van der Waals surface area contributed by atoms with Crippen molar-refractivity contribution in [3.05, 3.63) is 0 Å². The Bertz CT molecular complexity index is 39.0. The topological polar surface area (TPSA) is 0 Å². The Labute approximate surface area is 53.8 Å². The second kappa shape index (κ2) is 3.69. The summed E-state index contributed by atoms with van der Waals surface area (Å²) in [6, 6.07) is 0. The summed E-state index contributed by atoms with van der Waals surface area (Å²) in [6.45, 7) is 6.91. The molecule has 0 aromatic carbocycles. The molecule has 7 heavy (non-hydrogen) atoms. The number of rotatable bonds is 2. The average molecular weight is 153 g/mol. The molecule has 0 aliphatic carbocycles. The first-order chi connectivity index (χ1) is 3.13. The molecule has 0 amide bonds. The second-order valence-corrected chi connectivity index (χ2v) is 10.9. The van der Waals surface area contributed by atoms with Crippen LogP contribution in [0.3, 0.4) is 0 Å². The SMILES string of the molecule is C[SiH](C)C[SiH](C)Cl. The lowest BCUT2D eigenvalue weighted by Crippen LogP contribution is -2.08. The molecule has 0 rings (SSSR count). The van der Waals surface area contributed by atoms with Gasteiger partial charge < -0.3 is 0 Å². The fraction of sp³-hybridized carbons (Fsp3) is 1.00. The van der Waals surface area contributed by atoms with Crippen molar-refractivity contribution in [1.82, 2.24) is 0 Å². The van der Waals surface area contributed by atoms with Crippen molar-refractivity contribution in [2.45, 2.75) is 25.3 Å². The minimum absolute atomic E-state index is 0.299. The molecule has 0 bridgehead atoms. The summed E-state index contributed by atoms with van der Waals surface area (Å²) in [7, 11) is -0.993. The minimum atomic E-state index is -0.694. The summed E-state index contributed by atoms with van der Waals surface area (Å²) >= 11 is 5.85. The highest BCUT2D eigenvalue weighted by atomic mass is 35.6. The highest BCUT2D eigenvalue weighted by molar-refractivity contribution is 7.09. The summed E-state index contributed by atoms with van der Waals surface area (Å²) in [4.78, 5) is 0. The van der Waals surface area contributed by atoms with Crippen molar-refractivity contribution in [2.24, 2.45) is 0 Å². The first-order valence-electron chi connectivity index (χ1n) is 2.77. The minimum Gasteiger partial charge on any atom is -0.172 e. The monoisotopic (exact) mass is 152 g/mol. The molecule has 0 heterocycles. The van der Waals surface area contributed by atoms with Crippen molar-refractivity contribution in [1.29, 1.82) is 0 Å². The summed E-state index contributed by atoms with van der Waals surface area (Å²) < 4.78 is 0. The van der Waals surface area contributed by atoms with Gasteiger partial charge in [0.1, 0.15) is 8.11 Å². The van der Waals surface area contributed by atoms with Crippen molar-refractivity contribution in [3.63, 3.8) is 0 Å².